The zero-order valence-electron chi connectivity index (χ0n) is 20.3. The van der Waals surface area contributed by atoms with Gasteiger partial charge in [-0.2, -0.15) is 5.10 Å². The third kappa shape index (κ3) is 5.97. The molecule has 0 aromatic carbocycles. The Morgan fingerprint density at radius 3 is 2.85 bits per heavy atom. The number of aromatic amines is 1. The summed E-state index contributed by atoms with van der Waals surface area (Å²) in [6.07, 6.45) is 6.91. The molecule has 4 rings (SSSR count). The number of rotatable bonds is 12. The van der Waals surface area contributed by atoms with Crippen molar-refractivity contribution in [1.29, 1.82) is 0 Å². The molecule has 0 aliphatic carbocycles. The van der Waals surface area contributed by atoms with Crippen molar-refractivity contribution in [3.8, 4) is 11.3 Å². The Bertz CT molecular complexity index is 1200. The van der Waals surface area contributed by atoms with Crippen LogP contribution < -0.4 is 5.32 Å². The third-order valence-electron chi connectivity index (χ3n) is 6.13. The third-order valence-corrected chi connectivity index (χ3v) is 7.01. The molecule has 0 amide bonds. The lowest BCUT2D eigenvalue weighted by molar-refractivity contribution is 0.122. The van der Waals surface area contributed by atoms with E-state index < -0.39 is 0 Å². The predicted molar refractivity (Wildman–Crippen MR) is 139 cm³/mol. The van der Waals surface area contributed by atoms with Crippen LogP contribution >= 0.6 is 11.3 Å². The molecule has 0 bridgehead atoms. The molecule has 0 spiro atoms. The van der Waals surface area contributed by atoms with Crippen LogP contribution in [0.5, 0.6) is 0 Å². The summed E-state index contributed by atoms with van der Waals surface area (Å²) >= 11 is 1.53. The molecule has 0 saturated heterocycles. The largest absolute Gasteiger partial charge is 0.383 e. The van der Waals surface area contributed by atoms with Crippen molar-refractivity contribution in [1.82, 2.24) is 30.0 Å². The standard InChI is InChI=1S/C25H33N7OS/c1-5-17(2)32(13-14-33-4)12-6-7-19-10-11-26-23(15-19)30-25-29-22-9-8-21(28-24(22)34-25)20-16-27-31-18(20)3/h8-11,15-17H,5-7,12-14H2,1-4H3,(H,27,31)(H,26,29,30)/t17-/m0/s1. The summed E-state index contributed by atoms with van der Waals surface area (Å²) in [7, 11) is 1.77. The lowest BCUT2D eigenvalue weighted by atomic mass is 10.1. The number of nitrogens with zero attached hydrogens (tertiary/aromatic N) is 5. The van der Waals surface area contributed by atoms with Crippen LogP contribution in [0.1, 0.15) is 37.9 Å². The number of nitrogens with one attached hydrogen (secondary N) is 2. The van der Waals surface area contributed by atoms with Gasteiger partial charge < -0.3 is 10.1 Å². The molecule has 0 radical (unpaired) electrons. The van der Waals surface area contributed by atoms with Gasteiger partial charge in [-0.25, -0.2) is 15.0 Å². The lowest BCUT2D eigenvalue weighted by Crippen LogP contribution is -2.36. The van der Waals surface area contributed by atoms with Crippen molar-refractivity contribution in [3.63, 3.8) is 0 Å². The summed E-state index contributed by atoms with van der Waals surface area (Å²) in [5, 5.41) is 11.2. The van der Waals surface area contributed by atoms with Gasteiger partial charge in [-0.05, 0) is 69.5 Å². The van der Waals surface area contributed by atoms with Crippen LogP contribution in [0.2, 0.25) is 0 Å². The van der Waals surface area contributed by atoms with Crippen molar-refractivity contribution < 1.29 is 4.74 Å². The first-order valence-corrected chi connectivity index (χ1v) is 12.6. The van der Waals surface area contributed by atoms with Gasteiger partial charge in [0.05, 0.1) is 18.5 Å². The molecule has 0 unspecified atom stereocenters. The summed E-state index contributed by atoms with van der Waals surface area (Å²) in [5.74, 6) is 0.806. The number of anilines is 2. The van der Waals surface area contributed by atoms with E-state index >= 15 is 0 Å². The molecule has 4 aromatic heterocycles. The van der Waals surface area contributed by atoms with E-state index in [9.17, 15) is 0 Å². The van der Waals surface area contributed by atoms with Crippen LogP contribution in [-0.2, 0) is 11.2 Å². The number of methoxy groups -OCH3 is 1. The SMILES string of the molecule is CC[C@H](C)N(CCCc1ccnc(Nc2nc3ccc(-c4cn[nH]c4C)nc3s2)c1)CCOC. The molecular weight excluding hydrogens is 446 g/mol. The molecule has 8 nitrogen and oxygen atoms in total. The zero-order chi connectivity index (χ0) is 23.9. The van der Waals surface area contributed by atoms with E-state index in [1.807, 2.05) is 25.3 Å². The first kappa shape index (κ1) is 24.3. The van der Waals surface area contributed by atoms with Gasteiger partial charge in [0.1, 0.15) is 16.2 Å². The smallest absolute Gasteiger partial charge is 0.190 e. The maximum absolute atomic E-state index is 5.28. The topological polar surface area (TPSA) is 91.9 Å². The second kappa shape index (κ2) is 11.5. The van der Waals surface area contributed by atoms with E-state index in [1.165, 1.54) is 16.9 Å². The molecule has 34 heavy (non-hydrogen) atoms. The Hall–Kier alpha value is -2.88. The molecule has 4 heterocycles. The van der Waals surface area contributed by atoms with E-state index in [-0.39, 0.29) is 0 Å². The average molecular weight is 480 g/mol. The molecule has 0 fully saturated rings. The van der Waals surface area contributed by atoms with Crippen molar-refractivity contribution in [2.45, 2.75) is 46.1 Å². The van der Waals surface area contributed by atoms with Gasteiger partial charge in [0.15, 0.2) is 5.13 Å². The van der Waals surface area contributed by atoms with E-state index in [0.717, 1.165) is 77.2 Å². The number of hydrogen-bond donors (Lipinski definition) is 2. The maximum Gasteiger partial charge on any atom is 0.190 e. The normalized spacial score (nSPS) is 12.5. The van der Waals surface area contributed by atoms with Gasteiger partial charge in [-0.15, -0.1) is 0 Å². The highest BCUT2D eigenvalue weighted by molar-refractivity contribution is 7.21. The van der Waals surface area contributed by atoms with Crippen LogP contribution in [-0.4, -0.2) is 62.9 Å². The molecule has 0 aliphatic rings. The summed E-state index contributed by atoms with van der Waals surface area (Å²) in [6.45, 7) is 9.33. The Morgan fingerprint density at radius 1 is 1.21 bits per heavy atom. The first-order valence-electron chi connectivity index (χ1n) is 11.8. The van der Waals surface area contributed by atoms with Gasteiger partial charge in [0, 0.05) is 37.2 Å². The summed E-state index contributed by atoms with van der Waals surface area (Å²) in [5.41, 5.74) is 5.04. The Morgan fingerprint density at radius 2 is 2.09 bits per heavy atom. The van der Waals surface area contributed by atoms with Crippen LogP contribution in [0, 0.1) is 6.92 Å². The number of hydrogen-bond acceptors (Lipinski definition) is 8. The van der Waals surface area contributed by atoms with Crippen LogP contribution in [0.3, 0.4) is 0 Å². The van der Waals surface area contributed by atoms with Gasteiger partial charge >= 0.3 is 0 Å². The molecule has 0 saturated carbocycles. The van der Waals surface area contributed by atoms with Crippen molar-refractivity contribution in [2.75, 3.05) is 32.1 Å². The molecule has 1 atom stereocenters. The predicted octanol–water partition coefficient (Wildman–Crippen LogP) is 5.21. The molecule has 180 valence electrons. The highest BCUT2D eigenvalue weighted by Gasteiger charge is 2.13. The van der Waals surface area contributed by atoms with Gasteiger partial charge in [0.25, 0.3) is 0 Å². The number of H-pyrrole nitrogens is 1. The van der Waals surface area contributed by atoms with Crippen LogP contribution in [0.4, 0.5) is 10.9 Å². The van der Waals surface area contributed by atoms with E-state index in [2.05, 4.69) is 56.4 Å². The van der Waals surface area contributed by atoms with E-state index in [1.54, 1.807) is 13.3 Å². The summed E-state index contributed by atoms with van der Waals surface area (Å²) < 4.78 is 5.28. The van der Waals surface area contributed by atoms with Gasteiger partial charge in [0.2, 0.25) is 0 Å². The van der Waals surface area contributed by atoms with Crippen molar-refractivity contribution in [2.24, 2.45) is 0 Å². The summed E-state index contributed by atoms with van der Waals surface area (Å²) in [6, 6.07) is 8.76. The highest BCUT2D eigenvalue weighted by Crippen LogP contribution is 2.29. The zero-order valence-corrected chi connectivity index (χ0v) is 21.2. The fourth-order valence-corrected chi connectivity index (χ4v) is 4.79. The van der Waals surface area contributed by atoms with Crippen molar-refractivity contribution >= 4 is 32.6 Å². The quantitative estimate of drug-likeness (QED) is 0.288. The Kier molecular flexibility index (Phi) is 8.21. The van der Waals surface area contributed by atoms with E-state index in [0.29, 0.717) is 6.04 Å². The number of fused-ring (bicyclic) bond motifs is 1. The molecule has 9 heteroatoms. The van der Waals surface area contributed by atoms with E-state index in [4.69, 9.17) is 9.72 Å². The monoisotopic (exact) mass is 479 g/mol. The maximum atomic E-state index is 5.28. The number of aryl methyl sites for hydroxylation is 2. The second-order valence-electron chi connectivity index (χ2n) is 8.51. The minimum atomic E-state index is 0.565. The fourth-order valence-electron chi connectivity index (χ4n) is 3.94. The minimum absolute atomic E-state index is 0.565. The molecular formula is C25H33N7OS. The molecule has 2 N–H and O–H groups in total. The number of thiazole rings is 1. The van der Waals surface area contributed by atoms with Crippen molar-refractivity contribution in [3.05, 3.63) is 47.9 Å². The Balaban J connectivity index is 1.39. The second-order valence-corrected chi connectivity index (χ2v) is 9.49. The van der Waals surface area contributed by atoms with Crippen LogP contribution in [0.15, 0.2) is 36.7 Å². The molecule has 0 aliphatic heterocycles. The number of ether oxygens (including phenoxy) is 1. The Labute approximate surface area is 204 Å². The molecule has 4 aromatic rings. The number of aromatic nitrogens is 5. The average Bonchev–Trinajstić information content (AvgIpc) is 3.45. The van der Waals surface area contributed by atoms with Crippen LogP contribution in [0.25, 0.3) is 21.6 Å². The van der Waals surface area contributed by atoms with Gasteiger partial charge in [-0.1, -0.05) is 18.3 Å². The highest BCUT2D eigenvalue weighted by atomic mass is 32.1. The summed E-state index contributed by atoms with van der Waals surface area (Å²) in [4.78, 5) is 17.4. The van der Waals surface area contributed by atoms with Gasteiger partial charge in [-0.3, -0.25) is 10.00 Å². The fraction of sp³-hybridized carbons (Fsp3) is 0.440. The lowest BCUT2D eigenvalue weighted by Gasteiger charge is -2.28. The number of pyridine rings is 2. The first-order chi connectivity index (χ1) is 16.6. The minimum Gasteiger partial charge on any atom is -0.383 e.